The van der Waals surface area contributed by atoms with Crippen LogP contribution in [0.3, 0.4) is 0 Å². The molecule has 2 atom stereocenters. The van der Waals surface area contributed by atoms with Crippen molar-refractivity contribution in [1.29, 1.82) is 0 Å². The van der Waals surface area contributed by atoms with E-state index in [0.29, 0.717) is 12.5 Å². The average molecular weight is 256 g/mol. The van der Waals surface area contributed by atoms with Gasteiger partial charge < -0.3 is 15.8 Å². The minimum Gasteiger partial charge on any atom is -0.368 e. The smallest absolute Gasteiger partial charge is 0.246 e. The first-order valence-electron chi connectivity index (χ1n) is 7.32. The SMILES string of the molecule is CCC(CC)NC(=O)COC1CCCCC1CN. The number of amides is 1. The Morgan fingerprint density at radius 2 is 2.00 bits per heavy atom. The molecule has 1 amide bonds. The van der Waals surface area contributed by atoms with E-state index < -0.39 is 0 Å². The molecule has 18 heavy (non-hydrogen) atoms. The maximum Gasteiger partial charge on any atom is 0.246 e. The van der Waals surface area contributed by atoms with Crippen LogP contribution < -0.4 is 11.1 Å². The third-order valence-corrected chi connectivity index (χ3v) is 3.92. The van der Waals surface area contributed by atoms with E-state index in [0.717, 1.165) is 25.7 Å². The van der Waals surface area contributed by atoms with Crippen molar-refractivity contribution in [2.75, 3.05) is 13.2 Å². The third-order valence-electron chi connectivity index (χ3n) is 3.92. The summed E-state index contributed by atoms with van der Waals surface area (Å²) >= 11 is 0. The summed E-state index contributed by atoms with van der Waals surface area (Å²) < 4.78 is 5.75. The first-order valence-corrected chi connectivity index (χ1v) is 7.32. The Morgan fingerprint density at radius 1 is 1.33 bits per heavy atom. The van der Waals surface area contributed by atoms with Crippen LogP contribution in [0.1, 0.15) is 52.4 Å². The van der Waals surface area contributed by atoms with Crippen LogP contribution in [0, 0.1) is 5.92 Å². The van der Waals surface area contributed by atoms with Crippen LogP contribution in [0.5, 0.6) is 0 Å². The lowest BCUT2D eigenvalue weighted by molar-refractivity contribution is -0.130. The zero-order valence-electron chi connectivity index (χ0n) is 11.8. The molecular formula is C14H28N2O2. The summed E-state index contributed by atoms with van der Waals surface area (Å²) in [4.78, 5) is 11.7. The normalized spacial score (nSPS) is 24.2. The van der Waals surface area contributed by atoms with Gasteiger partial charge in [-0.3, -0.25) is 4.79 Å². The molecule has 3 N–H and O–H groups in total. The second-order valence-electron chi connectivity index (χ2n) is 5.21. The van der Waals surface area contributed by atoms with E-state index in [-0.39, 0.29) is 24.7 Å². The van der Waals surface area contributed by atoms with E-state index in [4.69, 9.17) is 10.5 Å². The molecule has 0 aliphatic heterocycles. The van der Waals surface area contributed by atoms with Gasteiger partial charge in [-0.15, -0.1) is 0 Å². The molecule has 2 unspecified atom stereocenters. The number of nitrogens with two attached hydrogens (primary N) is 1. The van der Waals surface area contributed by atoms with Gasteiger partial charge in [0.1, 0.15) is 6.61 Å². The molecule has 1 aliphatic rings. The van der Waals surface area contributed by atoms with E-state index in [9.17, 15) is 4.79 Å². The summed E-state index contributed by atoms with van der Waals surface area (Å²) in [6, 6.07) is 0.276. The van der Waals surface area contributed by atoms with Crippen molar-refractivity contribution in [2.24, 2.45) is 11.7 Å². The van der Waals surface area contributed by atoms with Crippen LogP contribution in [-0.2, 0) is 9.53 Å². The Bertz CT molecular complexity index is 242. The van der Waals surface area contributed by atoms with Crippen molar-refractivity contribution < 1.29 is 9.53 Å². The summed E-state index contributed by atoms with van der Waals surface area (Å²) in [6.07, 6.45) is 6.72. The number of hydrogen-bond donors (Lipinski definition) is 2. The molecule has 0 aromatic carbocycles. The van der Waals surface area contributed by atoms with Gasteiger partial charge in [-0.25, -0.2) is 0 Å². The second kappa shape index (κ2) is 8.48. The van der Waals surface area contributed by atoms with Crippen LogP contribution in [0.2, 0.25) is 0 Å². The zero-order valence-corrected chi connectivity index (χ0v) is 11.8. The minimum atomic E-state index is 0.00467. The van der Waals surface area contributed by atoms with Gasteiger partial charge in [0, 0.05) is 6.04 Å². The van der Waals surface area contributed by atoms with Crippen molar-refractivity contribution in [3.8, 4) is 0 Å². The summed E-state index contributed by atoms with van der Waals surface area (Å²) in [5.41, 5.74) is 5.74. The Kier molecular flexibility index (Phi) is 7.28. The number of hydrogen-bond acceptors (Lipinski definition) is 3. The summed E-state index contributed by atoms with van der Waals surface area (Å²) in [6.45, 7) is 5.01. The highest BCUT2D eigenvalue weighted by atomic mass is 16.5. The molecule has 0 saturated heterocycles. The average Bonchev–Trinajstić information content (AvgIpc) is 2.42. The van der Waals surface area contributed by atoms with Crippen molar-refractivity contribution in [2.45, 2.75) is 64.5 Å². The van der Waals surface area contributed by atoms with E-state index >= 15 is 0 Å². The topological polar surface area (TPSA) is 64.3 Å². The van der Waals surface area contributed by atoms with Crippen LogP contribution in [-0.4, -0.2) is 31.2 Å². The van der Waals surface area contributed by atoms with E-state index in [1.165, 1.54) is 12.8 Å². The Labute approximate surface area is 111 Å². The second-order valence-corrected chi connectivity index (χ2v) is 5.21. The number of ether oxygens (including phenoxy) is 1. The molecule has 0 aromatic heterocycles. The van der Waals surface area contributed by atoms with Gasteiger partial charge in [0.15, 0.2) is 0 Å². The Balaban J connectivity index is 2.28. The maximum absolute atomic E-state index is 11.7. The minimum absolute atomic E-state index is 0.00467. The molecule has 0 bridgehead atoms. The van der Waals surface area contributed by atoms with Crippen LogP contribution >= 0.6 is 0 Å². The quantitative estimate of drug-likeness (QED) is 0.730. The largest absolute Gasteiger partial charge is 0.368 e. The fraction of sp³-hybridized carbons (Fsp3) is 0.929. The zero-order chi connectivity index (χ0) is 13.4. The van der Waals surface area contributed by atoms with Gasteiger partial charge in [-0.2, -0.15) is 0 Å². The molecule has 4 nitrogen and oxygen atoms in total. The lowest BCUT2D eigenvalue weighted by Crippen LogP contribution is -2.40. The first-order chi connectivity index (χ1) is 8.71. The van der Waals surface area contributed by atoms with Gasteiger partial charge >= 0.3 is 0 Å². The molecule has 0 radical (unpaired) electrons. The molecule has 1 aliphatic carbocycles. The Morgan fingerprint density at radius 3 is 2.61 bits per heavy atom. The fourth-order valence-corrected chi connectivity index (χ4v) is 2.61. The number of carbonyl (C=O) groups is 1. The van der Waals surface area contributed by atoms with Crippen molar-refractivity contribution in [3.05, 3.63) is 0 Å². The Hall–Kier alpha value is -0.610. The predicted molar refractivity (Wildman–Crippen MR) is 73.3 cm³/mol. The molecule has 106 valence electrons. The molecular weight excluding hydrogens is 228 g/mol. The van der Waals surface area contributed by atoms with E-state index in [1.807, 2.05) is 0 Å². The monoisotopic (exact) mass is 256 g/mol. The van der Waals surface area contributed by atoms with Crippen LogP contribution in [0.25, 0.3) is 0 Å². The highest BCUT2D eigenvalue weighted by Gasteiger charge is 2.25. The molecule has 1 fully saturated rings. The first kappa shape index (κ1) is 15.4. The van der Waals surface area contributed by atoms with Gasteiger partial charge in [0.25, 0.3) is 0 Å². The highest BCUT2D eigenvalue weighted by molar-refractivity contribution is 5.77. The molecule has 0 spiro atoms. The van der Waals surface area contributed by atoms with Crippen LogP contribution in [0.15, 0.2) is 0 Å². The fourth-order valence-electron chi connectivity index (χ4n) is 2.61. The summed E-state index contributed by atoms with van der Waals surface area (Å²) in [5, 5.41) is 2.99. The third kappa shape index (κ3) is 4.94. The summed E-state index contributed by atoms with van der Waals surface area (Å²) in [7, 11) is 0. The highest BCUT2D eigenvalue weighted by Crippen LogP contribution is 2.25. The number of rotatable bonds is 7. The molecule has 0 heterocycles. The van der Waals surface area contributed by atoms with E-state index in [2.05, 4.69) is 19.2 Å². The van der Waals surface area contributed by atoms with Crippen molar-refractivity contribution >= 4 is 5.91 Å². The van der Waals surface area contributed by atoms with Gasteiger partial charge in [-0.1, -0.05) is 26.7 Å². The molecule has 1 saturated carbocycles. The maximum atomic E-state index is 11.7. The van der Waals surface area contributed by atoms with E-state index in [1.54, 1.807) is 0 Å². The van der Waals surface area contributed by atoms with Gasteiger partial charge in [0.2, 0.25) is 5.91 Å². The van der Waals surface area contributed by atoms with Crippen molar-refractivity contribution in [1.82, 2.24) is 5.32 Å². The molecule has 1 rings (SSSR count). The lowest BCUT2D eigenvalue weighted by Gasteiger charge is -2.30. The molecule has 4 heteroatoms. The predicted octanol–water partition coefficient (Wildman–Crippen LogP) is 1.83. The van der Waals surface area contributed by atoms with Gasteiger partial charge in [0.05, 0.1) is 6.10 Å². The molecule has 0 aromatic rings. The standard InChI is InChI=1S/C14H28N2O2/c1-3-12(4-2)16-14(17)10-18-13-8-6-5-7-11(13)9-15/h11-13H,3-10,15H2,1-2H3,(H,16,17). The number of carbonyl (C=O) groups excluding carboxylic acids is 1. The lowest BCUT2D eigenvalue weighted by atomic mass is 9.86. The van der Waals surface area contributed by atoms with Crippen molar-refractivity contribution in [3.63, 3.8) is 0 Å². The van der Waals surface area contributed by atoms with Crippen LogP contribution in [0.4, 0.5) is 0 Å². The number of nitrogens with one attached hydrogen (secondary N) is 1. The summed E-state index contributed by atoms with van der Waals surface area (Å²) in [5.74, 6) is 0.435. The van der Waals surface area contributed by atoms with Gasteiger partial charge in [-0.05, 0) is 38.1 Å².